The van der Waals surface area contributed by atoms with E-state index in [0.717, 1.165) is 4.57 Å². The molecule has 8 nitrogen and oxygen atoms in total. The third-order valence-corrected chi connectivity index (χ3v) is 5.20. The lowest BCUT2D eigenvalue weighted by atomic mass is 10.1. The molecule has 0 N–H and O–H groups in total. The van der Waals surface area contributed by atoms with Crippen molar-refractivity contribution in [1.29, 1.82) is 0 Å². The van der Waals surface area contributed by atoms with Gasteiger partial charge in [-0.05, 0) is 12.1 Å². The minimum Gasteiger partial charge on any atom is -0.312 e. The van der Waals surface area contributed by atoms with Gasteiger partial charge in [0, 0.05) is 38.0 Å². The first-order chi connectivity index (χ1) is 13.8. The van der Waals surface area contributed by atoms with Crippen LogP contribution in [0.25, 0.3) is 27.8 Å². The van der Waals surface area contributed by atoms with Crippen molar-refractivity contribution in [2.75, 3.05) is 0 Å². The Balaban J connectivity index is 2.22. The molecule has 4 rings (SSSR count). The van der Waals surface area contributed by atoms with E-state index in [4.69, 9.17) is 11.6 Å². The van der Waals surface area contributed by atoms with E-state index in [-0.39, 0.29) is 11.1 Å². The number of hydrogen-bond donors (Lipinski definition) is 0. The van der Waals surface area contributed by atoms with Crippen LogP contribution in [0.2, 0.25) is 5.02 Å². The van der Waals surface area contributed by atoms with Crippen molar-refractivity contribution in [3.05, 3.63) is 90.7 Å². The highest BCUT2D eigenvalue weighted by Gasteiger charge is 2.22. The molecule has 0 aliphatic rings. The van der Waals surface area contributed by atoms with Crippen molar-refractivity contribution in [2.45, 2.75) is 0 Å². The number of fused-ring (bicyclic) bond motifs is 1. The van der Waals surface area contributed by atoms with Crippen molar-refractivity contribution in [2.24, 2.45) is 14.1 Å². The lowest BCUT2D eigenvalue weighted by Gasteiger charge is -2.11. The molecule has 2 aromatic carbocycles. The summed E-state index contributed by atoms with van der Waals surface area (Å²) in [4.78, 5) is 36.2. The van der Waals surface area contributed by atoms with E-state index < -0.39 is 16.2 Å². The van der Waals surface area contributed by atoms with E-state index in [0.29, 0.717) is 27.5 Å². The van der Waals surface area contributed by atoms with Gasteiger partial charge in [-0.3, -0.25) is 24.0 Å². The number of halogens is 1. The fraction of sp³-hybridized carbons (Fsp3) is 0.100. The molecule has 146 valence electrons. The standard InChI is InChI=1S/C20H15ClN4O4/c1-22-16-11-24(15-9-4-3-8-14(15)21)18(17(16)19(26)23(2)20(22)27)12-6-5-7-13(10-12)25(28)29/h3-11H,1-2H3. The van der Waals surface area contributed by atoms with Gasteiger partial charge in [-0.1, -0.05) is 35.9 Å². The summed E-state index contributed by atoms with van der Waals surface area (Å²) in [5, 5.41) is 12.0. The molecule has 29 heavy (non-hydrogen) atoms. The zero-order chi connectivity index (χ0) is 20.9. The Morgan fingerprint density at radius 3 is 2.41 bits per heavy atom. The van der Waals surface area contributed by atoms with E-state index in [1.54, 1.807) is 54.2 Å². The molecular weight excluding hydrogens is 396 g/mol. The minimum absolute atomic E-state index is 0.107. The number of nitrogens with zero attached hydrogens (tertiary/aromatic N) is 4. The number of benzene rings is 2. The van der Waals surface area contributed by atoms with Crippen molar-refractivity contribution >= 4 is 28.2 Å². The molecule has 0 radical (unpaired) electrons. The fourth-order valence-electron chi connectivity index (χ4n) is 3.43. The first kappa shape index (κ1) is 18.7. The number of nitro benzene ring substituents is 1. The number of nitro groups is 1. The van der Waals surface area contributed by atoms with Crippen molar-refractivity contribution < 1.29 is 4.92 Å². The number of hydrogen-bond acceptors (Lipinski definition) is 4. The molecule has 2 heterocycles. The smallest absolute Gasteiger partial charge is 0.312 e. The third kappa shape index (κ3) is 2.85. The maximum atomic E-state index is 13.0. The van der Waals surface area contributed by atoms with Gasteiger partial charge in [0.1, 0.15) is 0 Å². The Labute approximate surface area is 169 Å². The first-order valence-electron chi connectivity index (χ1n) is 8.62. The summed E-state index contributed by atoms with van der Waals surface area (Å²) in [5.74, 6) is 0. The van der Waals surface area contributed by atoms with E-state index >= 15 is 0 Å². The molecular formula is C20H15ClN4O4. The Bertz CT molecular complexity index is 1410. The number of para-hydroxylation sites is 1. The average Bonchev–Trinajstić information content (AvgIpc) is 3.11. The molecule has 0 bridgehead atoms. The molecule has 0 fully saturated rings. The van der Waals surface area contributed by atoms with E-state index in [1.807, 2.05) is 0 Å². The van der Waals surface area contributed by atoms with Crippen LogP contribution in [0.15, 0.2) is 64.3 Å². The Morgan fingerprint density at radius 2 is 1.72 bits per heavy atom. The number of rotatable bonds is 3. The minimum atomic E-state index is -0.498. The van der Waals surface area contributed by atoms with Gasteiger partial charge in [-0.15, -0.1) is 0 Å². The van der Waals surface area contributed by atoms with Crippen LogP contribution in [0.4, 0.5) is 5.69 Å². The van der Waals surface area contributed by atoms with Crippen LogP contribution >= 0.6 is 11.6 Å². The summed E-state index contributed by atoms with van der Waals surface area (Å²) in [6, 6.07) is 13.0. The number of aromatic nitrogens is 3. The summed E-state index contributed by atoms with van der Waals surface area (Å²) in [5.41, 5.74) is 0.808. The monoisotopic (exact) mass is 410 g/mol. The molecule has 0 unspecified atom stereocenters. The summed E-state index contributed by atoms with van der Waals surface area (Å²) in [7, 11) is 2.96. The fourth-order valence-corrected chi connectivity index (χ4v) is 3.65. The highest BCUT2D eigenvalue weighted by Crippen LogP contribution is 2.34. The average molecular weight is 411 g/mol. The highest BCUT2D eigenvalue weighted by molar-refractivity contribution is 6.32. The Kier molecular flexibility index (Phi) is 4.35. The summed E-state index contributed by atoms with van der Waals surface area (Å²) >= 11 is 6.39. The summed E-state index contributed by atoms with van der Waals surface area (Å²) < 4.78 is 4.07. The van der Waals surface area contributed by atoms with Gasteiger partial charge in [0.2, 0.25) is 0 Å². The van der Waals surface area contributed by atoms with Crippen LogP contribution in [-0.4, -0.2) is 18.6 Å². The second-order valence-corrected chi connectivity index (χ2v) is 6.98. The van der Waals surface area contributed by atoms with Crippen LogP contribution in [0.1, 0.15) is 0 Å². The lowest BCUT2D eigenvalue weighted by molar-refractivity contribution is -0.384. The van der Waals surface area contributed by atoms with Gasteiger partial charge in [0.25, 0.3) is 11.2 Å². The van der Waals surface area contributed by atoms with Crippen LogP contribution in [0.3, 0.4) is 0 Å². The molecule has 0 aliphatic heterocycles. The zero-order valence-corrected chi connectivity index (χ0v) is 16.3. The summed E-state index contributed by atoms with van der Waals surface area (Å²) in [6.07, 6.45) is 1.65. The van der Waals surface area contributed by atoms with Crippen molar-refractivity contribution in [1.82, 2.24) is 13.7 Å². The second kappa shape index (κ2) is 6.75. The Morgan fingerprint density at radius 1 is 1.00 bits per heavy atom. The predicted octanol–water partition coefficient (Wildman–Crippen LogP) is 3.26. The van der Waals surface area contributed by atoms with Crippen LogP contribution in [-0.2, 0) is 14.1 Å². The Hall–Kier alpha value is -3.65. The molecule has 2 aromatic heterocycles. The topological polar surface area (TPSA) is 92.1 Å². The SMILES string of the molecule is Cn1c(=O)c2c(-c3cccc([N+](=O)[O-])c3)n(-c3ccccc3Cl)cc2n(C)c1=O. The van der Waals surface area contributed by atoms with Crippen LogP contribution < -0.4 is 11.2 Å². The molecule has 0 saturated carbocycles. The normalized spacial score (nSPS) is 11.1. The molecule has 0 saturated heterocycles. The van der Waals surface area contributed by atoms with Gasteiger partial charge in [0.05, 0.1) is 32.2 Å². The third-order valence-electron chi connectivity index (χ3n) is 4.88. The molecule has 0 amide bonds. The zero-order valence-electron chi connectivity index (χ0n) is 15.5. The summed E-state index contributed by atoms with van der Waals surface area (Å²) in [6.45, 7) is 0. The number of aryl methyl sites for hydroxylation is 1. The largest absolute Gasteiger partial charge is 0.330 e. The van der Waals surface area contributed by atoms with Gasteiger partial charge in [-0.25, -0.2) is 4.79 Å². The lowest BCUT2D eigenvalue weighted by Crippen LogP contribution is -2.36. The van der Waals surface area contributed by atoms with Crippen LogP contribution in [0, 0.1) is 10.1 Å². The molecule has 0 atom stereocenters. The maximum absolute atomic E-state index is 13.0. The number of non-ortho nitro benzene ring substituents is 1. The van der Waals surface area contributed by atoms with Gasteiger partial charge in [0.15, 0.2) is 0 Å². The van der Waals surface area contributed by atoms with Crippen molar-refractivity contribution in [3.63, 3.8) is 0 Å². The maximum Gasteiger partial charge on any atom is 0.330 e. The molecule has 4 aromatic rings. The highest BCUT2D eigenvalue weighted by atomic mass is 35.5. The molecule has 0 spiro atoms. The van der Waals surface area contributed by atoms with Gasteiger partial charge in [-0.2, -0.15) is 0 Å². The van der Waals surface area contributed by atoms with Crippen molar-refractivity contribution in [3.8, 4) is 16.9 Å². The quantitative estimate of drug-likeness (QED) is 0.383. The van der Waals surface area contributed by atoms with Gasteiger partial charge < -0.3 is 4.57 Å². The molecule has 0 aliphatic carbocycles. The predicted molar refractivity (Wildman–Crippen MR) is 111 cm³/mol. The second-order valence-electron chi connectivity index (χ2n) is 6.57. The molecule has 9 heteroatoms. The first-order valence-corrected chi connectivity index (χ1v) is 9.00. The van der Waals surface area contributed by atoms with E-state index in [2.05, 4.69) is 0 Å². The van der Waals surface area contributed by atoms with E-state index in [9.17, 15) is 19.7 Å². The van der Waals surface area contributed by atoms with Crippen LogP contribution in [0.5, 0.6) is 0 Å². The van der Waals surface area contributed by atoms with Gasteiger partial charge >= 0.3 is 5.69 Å². The van der Waals surface area contributed by atoms with E-state index in [1.165, 1.54) is 23.7 Å².